The van der Waals surface area contributed by atoms with Crippen LogP contribution in [0.15, 0.2) is 10.9 Å². The molecule has 8 heteroatoms. The standard InChI is InChI=1S/C12H16N4O3S/c1-4-5-6-19-10(18)8-7-9(17)16-11(13-8)20-12(14-16)15(2)3/h7H,4-6H2,1-3H3. The van der Waals surface area contributed by atoms with Crippen LogP contribution >= 0.6 is 11.3 Å². The Morgan fingerprint density at radius 3 is 2.90 bits per heavy atom. The van der Waals surface area contributed by atoms with E-state index in [1.54, 1.807) is 4.90 Å². The minimum Gasteiger partial charge on any atom is -0.461 e. The number of hydrogen-bond acceptors (Lipinski definition) is 7. The monoisotopic (exact) mass is 296 g/mol. The van der Waals surface area contributed by atoms with E-state index in [9.17, 15) is 9.59 Å². The van der Waals surface area contributed by atoms with E-state index in [0.29, 0.717) is 16.7 Å². The van der Waals surface area contributed by atoms with E-state index in [2.05, 4.69) is 10.1 Å². The van der Waals surface area contributed by atoms with Crippen LogP contribution in [0.3, 0.4) is 0 Å². The number of hydrogen-bond donors (Lipinski definition) is 0. The van der Waals surface area contributed by atoms with Gasteiger partial charge in [-0.25, -0.2) is 9.78 Å². The van der Waals surface area contributed by atoms with Crippen LogP contribution in [-0.2, 0) is 4.74 Å². The van der Waals surface area contributed by atoms with Crippen LogP contribution in [0.2, 0.25) is 0 Å². The smallest absolute Gasteiger partial charge is 0.357 e. The number of carbonyl (C=O) groups is 1. The van der Waals surface area contributed by atoms with Crippen molar-refractivity contribution in [3.63, 3.8) is 0 Å². The highest BCUT2D eigenvalue weighted by atomic mass is 32.1. The van der Waals surface area contributed by atoms with Crippen molar-refractivity contribution >= 4 is 27.4 Å². The van der Waals surface area contributed by atoms with Gasteiger partial charge in [0.25, 0.3) is 5.56 Å². The third-order valence-corrected chi connectivity index (χ3v) is 3.63. The van der Waals surface area contributed by atoms with Gasteiger partial charge in [0.05, 0.1) is 6.61 Å². The zero-order valence-corrected chi connectivity index (χ0v) is 12.4. The number of esters is 1. The first-order valence-corrected chi connectivity index (χ1v) is 7.10. The van der Waals surface area contributed by atoms with E-state index >= 15 is 0 Å². The molecule has 108 valence electrons. The topological polar surface area (TPSA) is 76.8 Å². The van der Waals surface area contributed by atoms with Gasteiger partial charge in [0, 0.05) is 20.2 Å². The fourth-order valence-corrected chi connectivity index (χ4v) is 2.30. The van der Waals surface area contributed by atoms with Gasteiger partial charge >= 0.3 is 5.97 Å². The van der Waals surface area contributed by atoms with E-state index in [4.69, 9.17) is 4.74 Å². The van der Waals surface area contributed by atoms with Crippen LogP contribution in [0.4, 0.5) is 5.13 Å². The van der Waals surface area contributed by atoms with Crippen LogP contribution in [0, 0.1) is 0 Å². The number of unbranched alkanes of at least 4 members (excludes halogenated alkanes) is 1. The molecular formula is C12H16N4O3S. The van der Waals surface area contributed by atoms with Gasteiger partial charge in [-0.1, -0.05) is 24.7 Å². The molecule has 0 amide bonds. The molecule has 20 heavy (non-hydrogen) atoms. The molecule has 2 rings (SSSR count). The molecule has 0 atom stereocenters. The molecule has 0 N–H and O–H groups in total. The maximum absolute atomic E-state index is 11.9. The van der Waals surface area contributed by atoms with Gasteiger partial charge in [-0.15, -0.1) is 5.10 Å². The lowest BCUT2D eigenvalue weighted by molar-refractivity contribution is 0.0493. The van der Waals surface area contributed by atoms with Crippen LogP contribution in [0.5, 0.6) is 0 Å². The number of fused-ring (bicyclic) bond motifs is 1. The van der Waals surface area contributed by atoms with Gasteiger partial charge in [-0.3, -0.25) is 4.79 Å². The highest BCUT2D eigenvalue weighted by molar-refractivity contribution is 7.20. The lowest BCUT2D eigenvalue weighted by atomic mass is 10.3. The van der Waals surface area contributed by atoms with Crippen molar-refractivity contribution in [3.05, 3.63) is 22.1 Å². The summed E-state index contributed by atoms with van der Waals surface area (Å²) in [7, 11) is 3.64. The summed E-state index contributed by atoms with van der Waals surface area (Å²) >= 11 is 1.24. The first kappa shape index (κ1) is 14.4. The molecule has 2 aromatic rings. The Morgan fingerprint density at radius 2 is 2.25 bits per heavy atom. The van der Waals surface area contributed by atoms with E-state index in [1.807, 2.05) is 21.0 Å². The number of anilines is 1. The molecule has 0 aliphatic rings. The summed E-state index contributed by atoms with van der Waals surface area (Å²) in [5.41, 5.74) is -0.359. The van der Waals surface area contributed by atoms with Crippen LogP contribution in [0.1, 0.15) is 30.3 Å². The summed E-state index contributed by atoms with van der Waals surface area (Å²) in [6.45, 7) is 2.34. The van der Waals surface area contributed by atoms with Crippen molar-refractivity contribution in [3.8, 4) is 0 Å². The van der Waals surface area contributed by atoms with Crippen molar-refractivity contribution < 1.29 is 9.53 Å². The summed E-state index contributed by atoms with van der Waals surface area (Å²) in [5.74, 6) is -0.571. The third kappa shape index (κ3) is 2.96. The lowest BCUT2D eigenvalue weighted by Gasteiger charge is -2.03. The number of rotatable bonds is 5. The summed E-state index contributed by atoms with van der Waals surface area (Å²) in [5, 5.41) is 4.77. The molecule has 0 spiro atoms. The van der Waals surface area contributed by atoms with Gasteiger partial charge in [-0.2, -0.15) is 4.52 Å². The second kappa shape index (κ2) is 6.00. The molecule has 0 bridgehead atoms. The van der Waals surface area contributed by atoms with Gasteiger partial charge in [0.15, 0.2) is 5.69 Å². The second-order valence-corrected chi connectivity index (χ2v) is 5.38. The highest BCUT2D eigenvalue weighted by Crippen LogP contribution is 2.18. The summed E-state index contributed by atoms with van der Waals surface area (Å²) < 4.78 is 6.23. The minimum atomic E-state index is -0.571. The molecule has 0 saturated heterocycles. The predicted octanol–water partition coefficient (Wildman–Crippen LogP) is 1.17. The zero-order valence-electron chi connectivity index (χ0n) is 11.6. The SMILES string of the molecule is CCCCOC(=O)c1cc(=O)n2nc(N(C)C)sc2n1. The number of nitrogens with zero attached hydrogens (tertiary/aromatic N) is 4. The Hall–Kier alpha value is -1.96. The highest BCUT2D eigenvalue weighted by Gasteiger charge is 2.15. The molecule has 0 saturated carbocycles. The number of aromatic nitrogens is 3. The maximum atomic E-state index is 11.9. The fraction of sp³-hybridized carbons (Fsp3) is 0.500. The van der Waals surface area contributed by atoms with E-state index < -0.39 is 5.97 Å². The van der Waals surface area contributed by atoms with Crippen molar-refractivity contribution in [2.45, 2.75) is 19.8 Å². The Kier molecular flexibility index (Phi) is 4.33. The molecule has 0 aromatic carbocycles. The van der Waals surface area contributed by atoms with Gasteiger partial charge in [-0.05, 0) is 6.42 Å². The maximum Gasteiger partial charge on any atom is 0.357 e. The van der Waals surface area contributed by atoms with E-state index in [-0.39, 0.29) is 11.3 Å². The number of ether oxygens (including phenoxy) is 1. The van der Waals surface area contributed by atoms with Gasteiger partial charge in [0.2, 0.25) is 10.1 Å². The lowest BCUT2D eigenvalue weighted by Crippen LogP contribution is -2.19. The Bertz CT molecular complexity index is 677. The van der Waals surface area contributed by atoms with E-state index in [0.717, 1.165) is 18.9 Å². The van der Waals surface area contributed by atoms with E-state index in [1.165, 1.54) is 15.9 Å². The molecule has 0 fully saturated rings. The molecule has 0 radical (unpaired) electrons. The van der Waals surface area contributed by atoms with Crippen molar-refractivity contribution in [1.82, 2.24) is 14.6 Å². The summed E-state index contributed by atoms with van der Waals surface area (Å²) in [6.07, 6.45) is 1.72. The van der Waals surface area contributed by atoms with Gasteiger partial charge < -0.3 is 9.64 Å². The van der Waals surface area contributed by atoms with Crippen LogP contribution in [-0.4, -0.2) is 41.3 Å². The summed E-state index contributed by atoms with van der Waals surface area (Å²) in [6, 6.07) is 1.15. The molecule has 2 aromatic heterocycles. The first-order valence-electron chi connectivity index (χ1n) is 6.28. The Balaban J connectivity index is 2.32. The third-order valence-electron chi connectivity index (χ3n) is 2.56. The molecule has 0 aliphatic carbocycles. The molecule has 7 nitrogen and oxygen atoms in total. The predicted molar refractivity (Wildman–Crippen MR) is 76.7 cm³/mol. The average Bonchev–Trinajstić information content (AvgIpc) is 2.83. The summed E-state index contributed by atoms with van der Waals surface area (Å²) in [4.78, 5) is 30.0. The Labute approximate surface area is 119 Å². The fourth-order valence-electron chi connectivity index (χ4n) is 1.47. The largest absolute Gasteiger partial charge is 0.461 e. The van der Waals surface area contributed by atoms with Crippen LogP contribution < -0.4 is 10.5 Å². The zero-order chi connectivity index (χ0) is 14.7. The first-order chi connectivity index (χ1) is 9.52. The van der Waals surface area contributed by atoms with Crippen molar-refractivity contribution in [2.75, 3.05) is 25.6 Å². The normalized spacial score (nSPS) is 10.8. The molecule has 0 aliphatic heterocycles. The minimum absolute atomic E-state index is 0.0278. The quantitative estimate of drug-likeness (QED) is 0.609. The Morgan fingerprint density at radius 1 is 1.50 bits per heavy atom. The van der Waals surface area contributed by atoms with Crippen molar-refractivity contribution in [2.24, 2.45) is 0 Å². The molecule has 2 heterocycles. The number of carbonyl (C=O) groups excluding carboxylic acids is 1. The second-order valence-electron chi connectivity index (χ2n) is 4.44. The van der Waals surface area contributed by atoms with Crippen molar-refractivity contribution in [1.29, 1.82) is 0 Å². The van der Waals surface area contributed by atoms with Crippen LogP contribution in [0.25, 0.3) is 4.96 Å². The molecular weight excluding hydrogens is 280 g/mol. The van der Waals surface area contributed by atoms with Gasteiger partial charge in [0.1, 0.15) is 0 Å². The average molecular weight is 296 g/mol. The molecule has 0 unspecified atom stereocenters.